The molecule has 0 spiro atoms. The van der Waals surface area contributed by atoms with Gasteiger partial charge in [0.1, 0.15) is 11.8 Å². The minimum absolute atomic E-state index is 0.0358. The predicted octanol–water partition coefficient (Wildman–Crippen LogP) is 4.42. The molecular weight excluding hydrogens is 454 g/mol. The molecule has 0 saturated heterocycles. The summed E-state index contributed by atoms with van der Waals surface area (Å²) < 4.78 is 5.21. The number of rotatable bonds is 13. The number of carbonyl (C=O) groups excluding carboxylic acids is 2. The number of nitro groups is 1. The van der Waals surface area contributed by atoms with Crippen LogP contribution in [0.3, 0.4) is 0 Å². The molecule has 0 aromatic heterocycles. The van der Waals surface area contributed by atoms with Crippen molar-refractivity contribution in [2.75, 3.05) is 19.4 Å². The van der Waals surface area contributed by atoms with Crippen molar-refractivity contribution in [1.29, 1.82) is 0 Å². The average molecular weight is 488 g/mol. The fourth-order valence-corrected chi connectivity index (χ4v) is 4.19. The Morgan fingerprint density at radius 3 is 2.24 bits per heavy atom. The minimum Gasteiger partial charge on any atom is -0.497 e. The molecule has 9 heteroatoms. The summed E-state index contributed by atoms with van der Waals surface area (Å²) in [6, 6.07) is 13.2. The van der Waals surface area contributed by atoms with Crippen molar-refractivity contribution in [3.63, 3.8) is 0 Å². The van der Waals surface area contributed by atoms with Crippen LogP contribution in [-0.4, -0.2) is 47.1 Å². The summed E-state index contributed by atoms with van der Waals surface area (Å²) in [6.45, 7) is 6.81. The monoisotopic (exact) mass is 487 g/mol. The number of carbonyl (C=O) groups is 2. The van der Waals surface area contributed by atoms with Gasteiger partial charge in [-0.2, -0.15) is 0 Å². The van der Waals surface area contributed by atoms with Gasteiger partial charge in [-0.3, -0.25) is 19.7 Å². The van der Waals surface area contributed by atoms with Crippen LogP contribution in [0.1, 0.15) is 38.3 Å². The Hall–Kier alpha value is -3.07. The third kappa shape index (κ3) is 8.37. The lowest BCUT2D eigenvalue weighted by atomic mass is 10.1. The number of hydrogen-bond donors (Lipinski definition) is 1. The number of ether oxygens (including phenoxy) is 1. The van der Waals surface area contributed by atoms with Gasteiger partial charge in [-0.05, 0) is 35.6 Å². The van der Waals surface area contributed by atoms with Gasteiger partial charge in [0.05, 0.1) is 17.8 Å². The fourth-order valence-electron chi connectivity index (χ4n) is 3.32. The van der Waals surface area contributed by atoms with E-state index in [9.17, 15) is 19.7 Å². The van der Waals surface area contributed by atoms with E-state index in [-0.39, 0.29) is 23.3 Å². The lowest BCUT2D eigenvalue weighted by Gasteiger charge is -2.31. The van der Waals surface area contributed by atoms with E-state index in [0.717, 1.165) is 16.9 Å². The van der Waals surface area contributed by atoms with Crippen LogP contribution in [0.5, 0.6) is 5.75 Å². The Kier molecular flexibility index (Phi) is 10.9. The highest BCUT2D eigenvalue weighted by molar-refractivity contribution is 7.99. The first-order chi connectivity index (χ1) is 16.2. The molecule has 0 radical (unpaired) electrons. The summed E-state index contributed by atoms with van der Waals surface area (Å²) in [6.07, 6.45) is 0.499. The van der Waals surface area contributed by atoms with Crippen molar-refractivity contribution >= 4 is 29.3 Å². The van der Waals surface area contributed by atoms with Crippen LogP contribution in [-0.2, 0) is 21.9 Å². The maximum atomic E-state index is 13.3. The predicted molar refractivity (Wildman–Crippen MR) is 135 cm³/mol. The van der Waals surface area contributed by atoms with Crippen LogP contribution in [0.2, 0.25) is 0 Å². The molecule has 1 atom stereocenters. The highest BCUT2D eigenvalue weighted by Gasteiger charge is 2.28. The van der Waals surface area contributed by atoms with E-state index in [0.29, 0.717) is 31.2 Å². The van der Waals surface area contributed by atoms with Gasteiger partial charge in [0.2, 0.25) is 11.8 Å². The maximum Gasteiger partial charge on any atom is 0.269 e. The van der Waals surface area contributed by atoms with E-state index in [1.165, 1.54) is 23.9 Å². The van der Waals surface area contributed by atoms with Crippen molar-refractivity contribution in [2.45, 2.75) is 45.5 Å². The number of methoxy groups -OCH3 is 1. The molecule has 0 aliphatic rings. The van der Waals surface area contributed by atoms with E-state index in [1.807, 2.05) is 45.0 Å². The zero-order valence-electron chi connectivity index (χ0n) is 20.2. The molecule has 0 aliphatic heterocycles. The summed E-state index contributed by atoms with van der Waals surface area (Å²) in [5, 5.41) is 13.8. The zero-order chi connectivity index (χ0) is 25.1. The van der Waals surface area contributed by atoms with Crippen LogP contribution in [0.25, 0.3) is 0 Å². The van der Waals surface area contributed by atoms with Crippen molar-refractivity contribution in [1.82, 2.24) is 10.2 Å². The summed E-state index contributed by atoms with van der Waals surface area (Å²) in [5.41, 5.74) is 1.84. The second-order valence-corrected chi connectivity index (χ2v) is 9.33. The van der Waals surface area contributed by atoms with Crippen LogP contribution in [0, 0.1) is 16.0 Å². The average Bonchev–Trinajstić information content (AvgIpc) is 2.83. The van der Waals surface area contributed by atoms with Crippen LogP contribution in [0.4, 0.5) is 5.69 Å². The molecular formula is C25H33N3O5S. The Morgan fingerprint density at radius 2 is 1.71 bits per heavy atom. The topological polar surface area (TPSA) is 102 Å². The summed E-state index contributed by atoms with van der Waals surface area (Å²) >= 11 is 1.42. The van der Waals surface area contributed by atoms with Gasteiger partial charge >= 0.3 is 0 Å². The SMILES string of the molecule is CC[C@@H](C(=O)NCC(C)C)N(Cc1ccc(OC)cc1)C(=O)CSCc1ccc([N+](=O)[O-])cc1. The smallest absolute Gasteiger partial charge is 0.269 e. The molecule has 2 aromatic carbocycles. The number of hydrogen-bond acceptors (Lipinski definition) is 6. The maximum absolute atomic E-state index is 13.3. The number of nitrogens with zero attached hydrogens (tertiary/aromatic N) is 2. The first kappa shape index (κ1) is 27.2. The molecule has 184 valence electrons. The number of nitro benzene ring substituents is 1. The molecule has 0 saturated carbocycles. The first-order valence-electron chi connectivity index (χ1n) is 11.3. The molecule has 2 rings (SSSR count). The van der Waals surface area contributed by atoms with Crippen LogP contribution >= 0.6 is 11.8 Å². The van der Waals surface area contributed by atoms with E-state index < -0.39 is 11.0 Å². The van der Waals surface area contributed by atoms with Gasteiger partial charge in [0, 0.05) is 31.0 Å². The van der Waals surface area contributed by atoms with Gasteiger partial charge < -0.3 is 15.0 Å². The number of benzene rings is 2. The normalized spacial score (nSPS) is 11.7. The molecule has 0 fully saturated rings. The molecule has 2 aromatic rings. The standard InChI is InChI=1S/C25H33N3O5S/c1-5-23(25(30)26-14-18(2)3)27(15-19-8-12-22(33-4)13-9-19)24(29)17-34-16-20-6-10-21(11-7-20)28(31)32/h6-13,18,23H,5,14-17H2,1-4H3,(H,26,30)/t23-/m0/s1. The molecule has 0 aliphatic carbocycles. The number of thioether (sulfide) groups is 1. The lowest BCUT2D eigenvalue weighted by Crippen LogP contribution is -2.50. The Morgan fingerprint density at radius 1 is 1.09 bits per heavy atom. The van der Waals surface area contributed by atoms with E-state index >= 15 is 0 Å². The Balaban J connectivity index is 2.11. The molecule has 8 nitrogen and oxygen atoms in total. The molecule has 0 bridgehead atoms. The molecule has 34 heavy (non-hydrogen) atoms. The number of non-ortho nitro benzene ring substituents is 1. The van der Waals surface area contributed by atoms with Crippen molar-refractivity contribution < 1.29 is 19.2 Å². The highest BCUT2D eigenvalue weighted by atomic mass is 32.2. The Bertz CT molecular complexity index is 948. The van der Waals surface area contributed by atoms with Crippen molar-refractivity contribution in [3.8, 4) is 5.75 Å². The minimum atomic E-state index is -0.576. The van der Waals surface area contributed by atoms with Crippen molar-refractivity contribution in [3.05, 3.63) is 69.8 Å². The largest absolute Gasteiger partial charge is 0.497 e. The van der Waals surface area contributed by atoms with E-state index in [4.69, 9.17) is 4.74 Å². The fraction of sp³-hybridized carbons (Fsp3) is 0.440. The molecule has 0 unspecified atom stereocenters. The summed E-state index contributed by atoms with van der Waals surface area (Å²) in [7, 11) is 1.60. The molecule has 2 amide bonds. The second kappa shape index (κ2) is 13.6. The molecule has 1 N–H and O–H groups in total. The highest BCUT2D eigenvalue weighted by Crippen LogP contribution is 2.20. The van der Waals surface area contributed by atoms with Gasteiger partial charge in [-0.1, -0.05) is 45.0 Å². The van der Waals surface area contributed by atoms with E-state index in [2.05, 4.69) is 5.32 Å². The summed E-state index contributed by atoms with van der Waals surface area (Å²) in [5.74, 6) is 1.48. The van der Waals surface area contributed by atoms with Gasteiger partial charge in [-0.25, -0.2) is 0 Å². The quantitative estimate of drug-likeness (QED) is 0.332. The first-order valence-corrected chi connectivity index (χ1v) is 12.4. The lowest BCUT2D eigenvalue weighted by molar-refractivity contribution is -0.384. The van der Waals surface area contributed by atoms with Gasteiger partial charge in [-0.15, -0.1) is 11.8 Å². The summed E-state index contributed by atoms with van der Waals surface area (Å²) in [4.78, 5) is 38.2. The Labute approximate surface area is 205 Å². The third-order valence-electron chi connectivity index (χ3n) is 5.22. The molecule has 0 heterocycles. The van der Waals surface area contributed by atoms with Gasteiger partial charge in [0.15, 0.2) is 0 Å². The van der Waals surface area contributed by atoms with Gasteiger partial charge in [0.25, 0.3) is 5.69 Å². The van der Waals surface area contributed by atoms with Crippen LogP contribution in [0.15, 0.2) is 48.5 Å². The number of nitrogens with one attached hydrogen (secondary N) is 1. The van der Waals surface area contributed by atoms with Crippen molar-refractivity contribution in [2.24, 2.45) is 5.92 Å². The number of amides is 2. The van der Waals surface area contributed by atoms with Crippen LogP contribution < -0.4 is 10.1 Å². The zero-order valence-corrected chi connectivity index (χ0v) is 21.0. The third-order valence-corrected chi connectivity index (χ3v) is 6.21. The van der Waals surface area contributed by atoms with E-state index in [1.54, 1.807) is 24.1 Å². The second-order valence-electron chi connectivity index (χ2n) is 8.35.